The number of halogens is 1. The maximum Gasteiger partial charge on any atom is 0.229 e. The van der Waals surface area contributed by atoms with Crippen LogP contribution in [-0.2, 0) is 9.05 Å². The van der Waals surface area contributed by atoms with Crippen molar-refractivity contribution in [1.29, 1.82) is 0 Å². The zero-order valence-corrected chi connectivity index (χ0v) is 9.17. The van der Waals surface area contributed by atoms with Crippen molar-refractivity contribution in [2.45, 2.75) is 0 Å². The Morgan fingerprint density at radius 2 is 1.47 bits per heavy atom. The second-order valence-electron chi connectivity index (χ2n) is 1.43. The van der Waals surface area contributed by atoms with Crippen LogP contribution in [0.4, 0.5) is 0 Å². The quantitative estimate of drug-likeness (QED) is 0.244. The molecule has 0 aromatic carbocycles. The van der Waals surface area contributed by atoms with Crippen LogP contribution in [0.3, 0.4) is 0 Å². The van der Waals surface area contributed by atoms with Gasteiger partial charge in [-0.05, 0) is 11.1 Å². The summed E-state index contributed by atoms with van der Waals surface area (Å²) in [5, 5.41) is 20.1. The van der Waals surface area contributed by atoms with Crippen molar-refractivity contribution in [2.24, 2.45) is 10.2 Å². The van der Waals surface area contributed by atoms with Gasteiger partial charge in [-0.1, -0.05) is 10.2 Å². The third kappa shape index (κ3) is 192. The first-order chi connectivity index (χ1) is 6.83. The molecule has 0 aliphatic carbocycles. The van der Waals surface area contributed by atoms with Crippen LogP contribution in [0.1, 0.15) is 0 Å². The van der Waals surface area contributed by atoms with Gasteiger partial charge in [-0.2, -0.15) is 0 Å². The minimum absolute atomic E-state index is 0.146. The molecule has 0 rings (SSSR count). The van der Waals surface area contributed by atoms with Crippen molar-refractivity contribution in [3.63, 3.8) is 0 Å². The van der Waals surface area contributed by atoms with Gasteiger partial charge >= 0.3 is 0 Å². The summed E-state index contributed by atoms with van der Waals surface area (Å²) in [6.07, 6.45) is 0.925. The van der Waals surface area contributed by atoms with Gasteiger partial charge in [-0.15, -0.1) is 0 Å². The predicted molar refractivity (Wildman–Crippen MR) is 53.2 cm³/mol. The maximum absolute atomic E-state index is 9.40. The lowest BCUT2D eigenvalue weighted by molar-refractivity contribution is 0.0773. The number of azide groups is 1. The molecule has 0 amide bonds. The molecule has 0 radical (unpaired) electrons. The third-order valence-corrected chi connectivity index (χ3v) is 0.253. The van der Waals surface area contributed by atoms with E-state index in [4.69, 9.17) is 21.3 Å². The van der Waals surface area contributed by atoms with Crippen LogP contribution in [-0.4, -0.2) is 38.3 Å². The number of aliphatic hydroxyl groups is 2. The Morgan fingerprint density at radius 3 is 1.60 bits per heavy atom. The average Bonchev–Trinajstić information content (AvgIpc) is 2.04. The van der Waals surface area contributed by atoms with Crippen molar-refractivity contribution in [1.82, 2.24) is 0 Å². The van der Waals surface area contributed by atoms with E-state index < -0.39 is 15.8 Å². The molecular weight excluding hydrogens is 252 g/mol. The molecule has 15 heavy (non-hydrogen) atoms. The summed E-state index contributed by atoms with van der Waals surface area (Å²) < 4.78 is 18.8. The van der Waals surface area contributed by atoms with Crippen LogP contribution in [0.15, 0.2) is 10.2 Å². The van der Waals surface area contributed by atoms with Gasteiger partial charge in [0.15, 0.2) is 0 Å². The monoisotopic (exact) mass is 260 g/mol. The van der Waals surface area contributed by atoms with Crippen molar-refractivity contribution >= 4 is 19.7 Å². The van der Waals surface area contributed by atoms with Crippen LogP contribution >= 0.6 is 10.7 Å². The lowest BCUT2D eigenvalue weighted by Gasteiger charge is -1.65. The Kier molecular flexibility index (Phi) is 19.7. The van der Waals surface area contributed by atoms with Gasteiger partial charge in [-0.3, -0.25) is 0 Å². The van der Waals surface area contributed by atoms with Crippen LogP contribution in [0.2, 0.25) is 0 Å². The van der Waals surface area contributed by atoms with Crippen molar-refractivity contribution in [3.05, 3.63) is 20.9 Å². The van der Waals surface area contributed by atoms with Crippen molar-refractivity contribution in [2.75, 3.05) is 19.7 Å². The van der Waals surface area contributed by atoms with E-state index in [2.05, 4.69) is 30.7 Å². The summed E-state index contributed by atoms with van der Waals surface area (Å²) in [6.45, 7) is -0.896. The molecule has 88 valence electrons. The summed E-state index contributed by atoms with van der Waals surface area (Å²) in [6, 6.07) is 0. The molecule has 10 nitrogen and oxygen atoms in total. The van der Waals surface area contributed by atoms with Crippen LogP contribution in [0, 0.1) is 0 Å². The molecule has 0 spiro atoms. The van der Waals surface area contributed by atoms with E-state index >= 15 is 0 Å². The fourth-order valence-electron chi connectivity index (χ4n) is 0.0849. The highest BCUT2D eigenvalue weighted by Crippen LogP contribution is 1.83. The van der Waals surface area contributed by atoms with E-state index in [1.807, 2.05) is 0 Å². The topological polar surface area (TPSA) is 172 Å². The number of rotatable bonds is 2. The average molecular weight is 261 g/mol. The molecule has 12 heteroatoms. The van der Waals surface area contributed by atoms with Gasteiger partial charge in [-0.25, -0.2) is 8.42 Å². The van der Waals surface area contributed by atoms with Crippen molar-refractivity contribution in [3.8, 4) is 0 Å². The van der Waals surface area contributed by atoms with Crippen molar-refractivity contribution < 1.29 is 18.6 Å². The van der Waals surface area contributed by atoms with E-state index in [9.17, 15) is 8.42 Å². The first-order valence-corrected chi connectivity index (χ1v) is 5.68. The normalized spacial score (nSPS) is 7.73. The molecule has 0 atom stereocenters. The Hall–Kier alpha value is -1.22. The third-order valence-electron chi connectivity index (χ3n) is 0.253. The SMILES string of the molecule is CS(=O)(=O)Cl.OCO.[N-]=[N+]=NCN=[N+]=[N-]. The number of hydrogen-bond donors (Lipinski definition) is 2. The number of hydrogen-bond acceptors (Lipinski definition) is 6. The molecule has 0 saturated carbocycles. The summed E-state index contributed by atoms with van der Waals surface area (Å²) in [5.74, 6) is 0. The van der Waals surface area contributed by atoms with Gasteiger partial charge in [0, 0.05) is 20.5 Å². The van der Waals surface area contributed by atoms with E-state index in [0.29, 0.717) is 0 Å². The molecule has 0 aliphatic heterocycles. The summed E-state index contributed by atoms with van der Waals surface area (Å²) >= 11 is 0. The van der Waals surface area contributed by atoms with Gasteiger partial charge in [0.1, 0.15) is 13.5 Å². The van der Waals surface area contributed by atoms with E-state index in [1.54, 1.807) is 0 Å². The van der Waals surface area contributed by atoms with E-state index in [0.717, 1.165) is 6.26 Å². The lowest BCUT2D eigenvalue weighted by Crippen LogP contribution is -1.76. The van der Waals surface area contributed by atoms with Gasteiger partial charge < -0.3 is 10.2 Å². The lowest BCUT2D eigenvalue weighted by atomic mass is 11.2. The zero-order chi connectivity index (χ0) is 12.7. The van der Waals surface area contributed by atoms with E-state index in [1.165, 1.54) is 0 Å². The molecule has 0 heterocycles. The summed E-state index contributed by atoms with van der Waals surface area (Å²) in [5.41, 5.74) is 15.1. The van der Waals surface area contributed by atoms with Gasteiger partial charge in [0.25, 0.3) is 0 Å². The number of aliphatic hydroxyl groups excluding tert-OH is 1. The summed E-state index contributed by atoms with van der Waals surface area (Å²) in [7, 11) is 1.31. The molecule has 0 aromatic heterocycles. The Morgan fingerprint density at radius 1 is 1.27 bits per heavy atom. The largest absolute Gasteiger partial charge is 0.371 e. The Balaban J connectivity index is -0.000000158. The standard InChI is InChI=1S/CH3ClO2S.CH2N6.CH4O2/c1-5(2,3)4;2-6-4-1-5-7-3;2-1-3/h1H3;1H2;2-3H,1H2. The second kappa shape index (κ2) is 15.3. The minimum atomic E-state index is -3.19. The Labute approximate surface area is 89.8 Å². The molecule has 2 N–H and O–H groups in total. The molecule has 0 fully saturated rings. The number of nitrogens with zero attached hydrogens (tertiary/aromatic N) is 6. The van der Waals surface area contributed by atoms with Gasteiger partial charge in [0.2, 0.25) is 9.05 Å². The minimum Gasteiger partial charge on any atom is -0.371 e. The zero-order valence-electron chi connectivity index (χ0n) is 7.59. The highest BCUT2D eigenvalue weighted by Gasteiger charge is 1.83. The first-order valence-electron chi connectivity index (χ1n) is 2.96. The highest BCUT2D eigenvalue weighted by atomic mass is 35.7. The predicted octanol–water partition coefficient (Wildman–Crippen LogP) is 0.678. The molecule has 0 bridgehead atoms. The van der Waals surface area contributed by atoms with E-state index in [-0.39, 0.29) is 6.67 Å². The van der Waals surface area contributed by atoms with Crippen LogP contribution < -0.4 is 0 Å². The smallest absolute Gasteiger partial charge is 0.229 e. The molecule has 0 aromatic rings. The Bertz CT molecular complexity index is 293. The highest BCUT2D eigenvalue weighted by molar-refractivity contribution is 8.13. The second-order valence-corrected chi connectivity index (χ2v) is 4.47. The fraction of sp³-hybridized carbons (Fsp3) is 1.00. The fourth-order valence-corrected chi connectivity index (χ4v) is 0.0849. The molecule has 0 aliphatic rings. The molecular formula is C3H9ClN6O4S. The summed E-state index contributed by atoms with van der Waals surface area (Å²) in [4.78, 5) is 4.67. The van der Waals surface area contributed by atoms with Crippen LogP contribution in [0.25, 0.3) is 20.9 Å². The van der Waals surface area contributed by atoms with Crippen LogP contribution in [0.5, 0.6) is 0 Å². The molecule has 0 unspecified atom stereocenters. The van der Waals surface area contributed by atoms with Gasteiger partial charge in [0.05, 0.1) is 6.26 Å². The maximum atomic E-state index is 9.40. The first kappa shape index (κ1) is 19.4. The molecule has 0 saturated heterocycles.